The van der Waals surface area contributed by atoms with Crippen LogP contribution in [0.1, 0.15) is 41.4 Å². The largest absolute Gasteiger partial charge is 0.331 e. The molecule has 1 aliphatic heterocycles. The number of fused-ring (bicyclic) bond motifs is 2. The third-order valence-corrected chi connectivity index (χ3v) is 6.64. The first-order valence-corrected chi connectivity index (χ1v) is 10.2. The Balaban J connectivity index is 1.54. The van der Waals surface area contributed by atoms with Gasteiger partial charge in [-0.25, -0.2) is 4.98 Å². The van der Waals surface area contributed by atoms with Crippen LogP contribution in [0.25, 0.3) is 11.4 Å². The van der Waals surface area contributed by atoms with E-state index in [0.717, 1.165) is 47.4 Å². The van der Waals surface area contributed by atoms with E-state index in [2.05, 4.69) is 28.6 Å². The highest BCUT2D eigenvalue weighted by Gasteiger charge is 2.34. The molecular formula is C22H21Cl2N3. The Morgan fingerprint density at radius 3 is 2.63 bits per heavy atom. The second kappa shape index (κ2) is 6.66. The number of hydrogen-bond acceptors (Lipinski definition) is 2. The molecule has 0 bridgehead atoms. The predicted octanol–water partition coefficient (Wildman–Crippen LogP) is 5.79. The molecule has 2 aliphatic rings. The van der Waals surface area contributed by atoms with Crippen LogP contribution in [0.4, 0.5) is 0 Å². The average molecular weight is 398 g/mol. The number of rotatable bonds is 2. The molecule has 138 valence electrons. The molecule has 0 saturated heterocycles. The molecule has 0 radical (unpaired) electrons. The third kappa shape index (κ3) is 2.80. The molecule has 1 atom stereocenters. The summed E-state index contributed by atoms with van der Waals surface area (Å²) < 4.78 is 2.24. The fraction of sp³-hybridized carbons (Fsp3) is 0.318. The molecule has 3 aromatic rings. The minimum Gasteiger partial charge on any atom is -0.331 e. The molecule has 1 aliphatic carbocycles. The monoisotopic (exact) mass is 397 g/mol. The molecule has 2 heterocycles. The number of imidazole rings is 1. The van der Waals surface area contributed by atoms with Crippen molar-refractivity contribution in [2.24, 2.45) is 7.05 Å². The fourth-order valence-corrected chi connectivity index (χ4v) is 5.06. The molecular weight excluding hydrogens is 377 g/mol. The lowest BCUT2D eigenvalue weighted by Gasteiger charge is -2.30. The Kier molecular flexibility index (Phi) is 4.27. The van der Waals surface area contributed by atoms with Gasteiger partial charge >= 0.3 is 0 Å². The quantitative estimate of drug-likeness (QED) is 0.545. The van der Waals surface area contributed by atoms with E-state index in [1.54, 1.807) is 0 Å². The first kappa shape index (κ1) is 17.3. The van der Waals surface area contributed by atoms with Gasteiger partial charge in [-0.3, -0.25) is 4.90 Å². The van der Waals surface area contributed by atoms with Crippen molar-refractivity contribution in [2.45, 2.75) is 38.4 Å². The summed E-state index contributed by atoms with van der Waals surface area (Å²) in [6, 6.07) is 14.5. The number of nitrogens with zero attached hydrogens (tertiary/aromatic N) is 3. The lowest BCUT2D eigenvalue weighted by molar-refractivity contribution is 0.176. The van der Waals surface area contributed by atoms with Gasteiger partial charge in [0.15, 0.2) is 0 Å². The van der Waals surface area contributed by atoms with Crippen LogP contribution in [-0.4, -0.2) is 14.5 Å². The lowest BCUT2D eigenvalue weighted by atomic mass is 9.95. The maximum atomic E-state index is 6.46. The van der Waals surface area contributed by atoms with Crippen molar-refractivity contribution < 1.29 is 0 Å². The van der Waals surface area contributed by atoms with E-state index in [-0.39, 0.29) is 0 Å². The van der Waals surface area contributed by atoms with Crippen LogP contribution in [0.15, 0.2) is 42.5 Å². The van der Waals surface area contributed by atoms with E-state index in [1.807, 2.05) is 30.3 Å². The Morgan fingerprint density at radius 2 is 1.81 bits per heavy atom. The normalized spacial score (nSPS) is 19.1. The Morgan fingerprint density at radius 1 is 1.00 bits per heavy atom. The second-order valence-corrected chi connectivity index (χ2v) is 8.31. The maximum Gasteiger partial charge on any atom is 0.141 e. The van der Waals surface area contributed by atoms with Gasteiger partial charge in [0.1, 0.15) is 5.82 Å². The predicted molar refractivity (Wildman–Crippen MR) is 110 cm³/mol. The third-order valence-electron chi connectivity index (χ3n) is 5.96. The van der Waals surface area contributed by atoms with Gasteiger partial charge in [0.25, 0.3) is 0 Å². The van der Waals surface area contributed by atoms with Crippen LogP contribution >= 0.6 is 23.2 Å². The van der Waals surface area contributed by atoms with Crippen molar-refractivity contribution in [3.63, 3.8) is 0 Å². The summed E-state index contributed by atoms with van der Waals surface area (Å²) in [5.74, 6) is 0.965. The summed E-state index contributed by atoms with van der Waals surface area (Å²) >= 11 is 12.9. The van der Waals surface area contributed by atoms with Crippen molar-refractivity contribution in [2.75, 3.05) is 0 Å². The maximum absolute atomic E-state index is 6.46. The van der Waals surface area contributed by atoms with E-state index >= 15 is 0 Å². The van der Waals surface area contributed by atoms with Crippen LogP contribution in [0.2, 0.25) is 10.0 Å². The summed E-state index contributed by atoms with van der Waals surface area (Å²) in [7, 11) is 2.11. The van der Waals surface area contributed by atoms with Crippen LogP contribution < -0.4 is 0 Å². The number of aromatic nitrogens is 2. The van der Waals surface area contributed by atoms with Crippen molar-refractivity contribution >= 4 is 23.2 Å². The standard InChI is InChI=1S/C22H21Cl2N3/c1-26-19-10-5-11-20(27-12-14-6-4-9-18(24)16(14)13-27)21(19)25-22(26)15-7-2-3-8-17(15)23/h2-4,6-9,20H,5,10-13H2,1H3. The number of hydrogen-bond donors (Lipinski definition) is 0. The average Bonchev–Trinajstić information content (AvgIpc) is 3.25. The number of benzene rings is 2. The summed E-state index contributed by atoms with van der Waals surface area (Å²) in [5, 5.41) is 1.63. The van der Waals surface area contributed by atoms with E-state index in [9.17, 15) is 0 Å². The minimum atomic E-state index is 0.333. The molecule has 5 rings (SSSR count). The summed E-state index contributed by atoms with van der Waals surface area (Å²) in [6.45, 7) is 1.84. The van der Waals surface area contributed by atoms with Crippen LogP contribution in [0, 0.1) is 0 Å². The van der Waals surface area contributed by atoms with E-state index in [0.29, 0.717) is 6.04 Å². The minimum absolute atomic E-state index is 0.333. The smallest absolute Gasteiger partial charge is 0.141 e. The van der Waals surface area contributed by atoms with Gasteiger partial charge in [0.2, 0.25) is 0 Å². The SMILES string of the molecule is Cn1c(-c2ccccc2Cl)nc2c1CCCC2N1Cc2cccc(Cl)c2C1. The topological polar surface area (TPSA) is 21.1 Å². The molecule has 3 nitrogen and oxygen atoms in total. The van der Waals surface area contributed by atoms with Crippen LogP contribution in [0.3, 0.4) is 0 Å². The molecule has 1 unspecified atom stereocenters. The van der Waals surface area contributed by atoms with Gasteiger partial charge in [-0.05, 0) is 48.6 Å². The van der Waals surface area contributed by atoms with E-state index in [1.165, 1.54) is 28.9 Å². The Bertz CT molecular complexity index is 1020. The van der Waals surface area contributed by atoms with Gasteiger partial charge in [0, 0.05) is 36.4 Å². The summed E-state index contributed by atoms with van der Waals surface area (Å²) in [6.07, 6.45) is 3.39. The van der Waals surface area contributed by atoms with Gasteiger partial charge in [-0.1, -0.05) is 47.5 Å². The molecule has 1 aromatic heterocycles. The zero-order valence-electron chi connectivity index (χ0n) is 15.3. The van der Waals surface area contributed by atoms with Crippen molar-refractivity contribution in [3.8, 4) is 11.4 Å². The molecule has 0 spiro atoms. The van der Waals surface area contributed by atoms with Crippen LogP contribution in [-0.2, 0) is 26.6 Å². The van der Waals surface area contributed by atoms with Crippen molar-refractivity contribution in [3.05, 3.63) is 75.0 Å². The fourth-order valence-electron chi connectivity index (χ4n) is 4.58. The first-order valence-electron chi connectivity index (χ1n) is 9.44. The zero-order valence-corrected chi connectivity index (χ0v) is 16.8. The number of halogens is 2. The molecule has 0 N–H and O–H groups in total. The molecule has 0 saturated carbocycles. The van der Waals surface area contributed by atoms with Gasteiger partial charge in [-0.15, -0.1) is 0 Å². The Hall–Kier alpha value is -1.81. The highest BCUT2D eigenvalue weighted by molar-refractivity contribution is 6.33. The van der Waals surface area contributed by atoms with E-state index < -0.39 is 0 Å². The Labute approximate surface area is 169 Å². The first-order chi connectivity index (χ1) is 13.1. The van der Waals surface area contributed by atoms with Crippen LogP contribution in [0.5, 0.6) is 0 Å². The second-order valence-electron chi connectivity index (χ2n) is 7.50. The van der Waals surface area contributed by atoms with Crippen molar-refractivity contribution in [1.29, 1.82) is 0 Å². The van der Waals surface area contributed by atoms with Crippen molar-refractivity contribution in [1.82, 2.24) is 14.5 Å². The molecule has 27 heavy (non-hydrogen) atoms. The highest BCUT2D eigenvalue weighted by atomic mass is 35.5. The molecule has 0 fully saturated rings. The molecule has 2 aromatic carbocycles. The highest BCUT2D eigenvalue weighted by Crippen LogP contribution is 2.41. The van der Waals surface area contributed by atoms with Gasteiger partial charge < -0.3 is 4.57 Å². The van der Waals surface area contributed by atoms with Gasteiger partial charge in [0.05, 0.1) is 16.8 Å². The summed E-state index contributed by atoms with van der Waals surface area (Å²) in [5.41, 5.74) is 6.17. The zero-order chi connectivity index (χ0) is 18.5. The lowest BCUT2D eigenvalue weighted by Crippen LogP contribution is -2.27. The summed E-state index contributed by atoms with van der Waals surface area (Å²) in [4.78, 5) is 7.62. The molecule has 0 amide bonds. The van der Waals surface area contributed by atoms with E-state index in [4.69, 9.17) is 28.2 Å². The molecule has 5 heteroatoms. The van der Waals surface area contributed by atoms with Gasteiger partial charge in [-0.2, -0.15) is 0 Å².